The van der Waals surface area contributed by atoms with Crippen LogP contribution in [0.25, 0.3) is 11.1 Å². The molecule has 2 aliphatic rings. The molecule has 0 fully saturated rings. The number of rotatable bonds is 1. The van der Waals surface area contributed by atoms with E-state index in [1.54, 1.807) is 0 Å². The lowest BCUT2D eigenvalue weighted by Gasteiger charge is -1.85. The van der Waals surface area contributed by atoms with E-state index in [4.69, 9.17) is 5.21 Å². The van der Waals surface area contributed by atoms with Crippen molar-refractivity contribution in [2.45, 2.75) is 0 Å². The highest BCUT2D eigenvalue weighted by Gasteiger charge is 1.97. The maximum atomic E-state index is 8.36. The molecule has 0 unspecified atom stereocenters. The van der Waals surface area contributed by atoms with Crippen LogP contribution in [-0.2, 0) is 0 Å². The molecule has 2 nitrogen and oxygen atoms in total. The summed E-state index contributed by atoms with van der Waals surface area (Å²) in [5.41, 5.74) is 3.27. The molecule has 0 heterocycles. The van der Waals surface area contributed by atoms with Crippen LogP contribution >= 0.6 is 0 Å². The van der Waals surface area contributed by atoms with Gasteiger partial charge in [0.05, 0.1) is 6.21 Å². The Morgan fingerprint density at radius 2 is 1.54 bits per heavy atom. The molecule has 2 aliphatic carbocycles. The predicted octanol–water partition coefficient (Wildman–Crippen LogP) is 2.60. The van der Waals surface area contributed by atoms with E-state index in [1.807, 2.05) is 30.3 Å². The molecule has 0 aromatic heterocycles. The van der Waals surface area contributed by atoms with Gasteiger partial charge in [-0.3, -0.25) is 0 Å². The maximum absolute atomic E-state index is 8.36. The summed E-state index contributed by atoms with van der Waals surface area (Å²) >= 11 is 0. The zero-order chi connectivity index (χ0) is 9.10. The molecule has 0 spiro atoms. The standard InChI is InChI=1S/C11H9NO/c13-12-8-9-4-6-10-2-1-3-11(10)7-5-9/h1-8,13H/b12-8+. The van der Waals surface area contributed by atoms with Crippen LogP contribution in [0.5, 0.6) is 0 Å². The Balaban J connectivity index is 2.54. The van der Waals surface area contributed by atoms with E-state index in [0.29, 0.717) is 0 Å². The third-order valence-corrected chi connectivity index (χ3v) is 2.00. The average Bonchev–Trinajstić information content (AvgIpc) is 2.50. The largest absolute Gasteiger partial charge is 0.411 e. The Labute approximate surface area is 76.5 Å². The van der Waals surface area contributed by atoms with Crippen LogP contribution in [0, 0.1) is 0 Å². The van der Waals surface area contributed by atoms with E-state index in [2.05, 4.69) is 17.3 Å². The molecule has 0 aromatic carbocycles. The number of nitrogens with zero attached hydrogens (tertiary/aromatic N) is 1. The van der Waals surface area contributed by atoms with Crippen molar-refractivity contribution in [2.24, 2.45) is 5.16 Å². The van der Waals surface area contributed by atoms with Crippen molar-refractivity contribution < 1.29 is 5.21 Å². The molecule has 0 amide bonds. The van der Waals surface area contributed by atoms with Gasteiger partial charge in [-0.1, -0.05) is 47.6 Å². The second-order valence-corrected chi connectivity index (χ2v) is 2.85. The molecule has 64 valence electrons. The molecule has 1 N–H and O–H groups in total. The number of fused-ring (bicyclic) bond motifs is 1. The van der Waals surface area contributed by atoms with Crippen molar-refractivity contribution in [1.82, 2.24) is 0 Å². The summed E-state index contributed by atoms with van der Waals surface area (Å²) in [5.74, 6) is 0. The number of hydrogen-bond acceptors (Lipinski definition) is 2. The van der Waals surface area contributed by atoms with Gasteiger partial charge in [-0.05, 0) is 16.7 Å². The first-order valence-corrected chi connectivity index (χ1v) is 4.06. The minimum atomic E-state index is 0.888. The molecule has 2 heteroatoms. The number of hydrogen-bond donors (Lipinski definition) is 1. The smallest absolute Gasteiger partial charge is 0.0733 e. The summed E-state index contributed by atoms with van der Waals surface area (Å²) in [6.07, 6.45) is 1.42. The Morgan fingerprint density at radius 1 is 0.923 bits per heavy atom. The monoisotopic (exact) mass is 171 g/mol. The molecule has 0 atom stereocenters. The quantitative estimate of drug-likeness (QED) is 0.399. The SMILES string of the molecule is O/N=C/c1ccc2cccc-2cc1. The highest BCUT2D eigenvalue weighted by atomic mass is 16.4. The first-order valence-electron chi connectivity index (χ1n) is 4.06. The zero-order valence-corrected chi connectivity index (χ0v) is 7.01. The molecule has 0 radical (unpaired) electrons. The fraction of sp³-hybridized carbons (Fsp3) is 0. The van der Waals surface area contributed by atoms with Gasteiger partial charge in [-0.2, -0.15) is 0 Å². The van der Waals surface area contributed by atoms with Crippen molar-refractivity contribution in [1.29, 1.82) is 0 Å². The molecular formula is C11H9NO. The zero-order valence-electron chi connectivity index (χ0n) is 7.01. The third kappa shape index (κ3) is 1.51. The van der Waals surface area contributed by atoms with E-state index in [0.717, 1.165) is 5.56 Å². The van der Waals surface area contributed by atoms with Gasteiger partial charge >= 0.3 is 0 Å². The van der Waals surface area contributed by atoms with Crippen molar-refractivity contribution in [3.63, 3.8) is 0 Å². The molecule has 0 saturated heterocycles. The van der Waals surface area contributed by atoms with Crippen LogP contribution in [0.1, 0.15) is 5.56 Å². The lowest BCUT2D eigenvalue weighted by atomic mass is 10.2. The highest BCUT2D eigenvalue weighted by Crippen LogP contribution is 2.21. The second-order valence-electron chi connectivity index (χ2n) is 2.85. The summed E-state index contributed by atoms with van der Waals surface area (Å²) < 4.78 is 0. The van der Waals surface area contributed by atoms with Crippen molar-refractivity contribution in [3.8, 4) is 11.1 Å². The summed E-state index contributed by atoms with van der Waals surface area (Å²) in [6, 6.07) is 14.0. The van der Waals surface area contributed by atoms with Gasteiger partial charge in [0.25, 0.3) is 0 Å². The van der Waals surface area contributed by atoms with Gasteiger partial charge in [0, 0.05) is 0 Å². The van der Waals surface area contributed by atoms with E-state index in [-0.39, 0.29) is 0 Å². The van der Waals surface area contributed by atoms with Crippen molar-refractivity contribution in [2.75, 3.05) is 0 Å². The summed E-state index contributed by atoms with van der Waals surface area (Å²) in [6.45, 7) is 0. The van der Waals surface area contributed by atoms with Crippen LogP contribution in [-0.4, -0.2) is 11.4 Å². The molecule has 13 heavy (non-hydrogen) atoms. The van der Waals surface area contributed by atoms with Crippen LogP contribution in [0.2, 0.25) is 0 Å². The summed E-state index contributed by atoms with van der Waals surface area (Å²) in [4.78, 5) is 0. The van der Waals surface area contributed by atoms with Gasteiger partial charge < -0.3 is 5.21 Å². The fourth-order valence-corrected chi connectivity index (χ4v) is 1.33. The minimum absolute atomic E-state index is 0.888. The minimum Gasteiger partial charge on any atom is -0.411 e. The Hall–Kier alpha value is -1.83. The second kappa shape index (κ2) is 3.27. The maximum Gasteiger partial charge on any atom is 0.0733 e. The van der Waals surface area contributed by atoms with Crippen LogP contribution in [0.4, 0.5) is 0 Å². The summed E-state index contributed by atoms with van der Waals surface area (Å²) in [7, 11) is 0. The summed E-state index contributed by atoms with van der Waals surface area (Å²) in [5, 5.41) is 11.3. The normalized spacial score (nSPS) is 11.1. The lowest BCUT2D eigenvalue weighted by molar-refractivity contribution is 0.322. The van der Waals surface area contributed by atoms with Gasteiger partial charge in [0.1, 0.15) is 0 Å². The lowest BCUT2D eigenvalue weighted by Crippen LogP contribution is -1.73. The van der Waals surface area contributed by atoms with Crippen LogP contribution in [0.3, 0.4) is 0 Å². The Morgan fingerprint density at radius 3 is 2.08 bits per heavy atom. The van der Waals surface area contributed by atoms with Crippen LogP contribution in [0.15, 0.2) is 47.6 Å². The Bertz CT molecular complexity index is 378. The average molecular weight is 171 g/mol. The molecule has 0 aliphatic heterocycles. The van der Waals surface area contributed by atoms with Crippen LogP contribution < -0.4 is 0 Å². The van der Waals surface area contributed by atoms with Gasteiger partial charge in [0.2, 0.25) is 0 Å². The molecule has 0 aromatic rings. The van der Waals surface area contributed by atoms with Gasteiger partial charge in [-0.15, -0.1) is 0 Å². The third-order valence-electron chi connectivity index (χ3n) is 2.00. The first kappa shape index (κ1) is 7.80. The molecule has 2 rings (SSSR count). The van der Waals surface area contributed by atoms with Gasteiger partial charge in [0.15, 0.2) is 0 Å². The fourth-order valence-electron chi connectivity index (χ4n) is 1.33. The van der Waals surface area contributed by atoms with E-state index < -0.39 is 0 Å². The molecular weight excluding hydrogens is 162 g/mol. The van der Waals surface area contributed by atoms with Gasteiger partial charge in [-0.25, -0.2) is 0 Å². The molecule has 0 saturated carbocycles. The Kier molecular flexibility index (Phi) is 1.96. The number of oxime groups is 1. The van der Waals surface area contributed by atoms with Crippen molar-refractivity contribution >= 4 is 6.21 Å². The molecule has 0 bridgehead atoms. The van der Waals surface area contributed by atoms with Crippen molar-refractivity contribution in [3.05, 3.63) is 48.0 Å². The highest BCUT2D eigenvalue weighted by molar-refractivity contribution is 5.80. The topological polar surface area (TPSA) is 32.6 Å². The van der Waals surface area contributed by atoms with E-state index in [9.17, 15) is 0 Å². The van der Waals surface area contributed by atoms with E-state index in [1.165, 1.54) is 17.3 Å². The van der Waals surface area contributed by atoms with E-state index >= 15 is 0 Å². The first-order chi connectivity index (χ1) is 6.40. The predicted molar refractivity (Wildman–Crippen MR) is 52.4 cm³/mol.